The van der Waals surface area contributed by atoms with Crippen LogP contribution in [0.1, 0.15) is 46.0 Å². The third-order valence-corrected chi connectivity index (χ3v) is 4.20. The summed E-state index contributed by atoms with van der Waals surface area (Å²) in [4.78, 5) is 32.2. The van der Waals surface area contributed by atoms with Crippen LogP contribution in [0.15, 0.2) is 4.99 Å². The van der Waals surface area contributed by atoms with Gasteiger partial charge < -0.3 is 15.1 Å². The van der Waals surface area contributed by atoms with Gasteiger partial charge in [0.15, 0.2) is 12.0 Å². The van der Waals surface area contributed by atoms with Crippen LogP contribution in [0.2, 0.25) is 0 Å². The zero-order valence-corrected chi connectivity index (χ0v) is 13.8. The van der Waals surface area contributed by atoms with Gasteiger partial charge in [-0.25, -0.2) is 4.79 Å². The molecule has 124 valence electrons. The molecule has 2 atom stereocenters. The van der Waals surface area contributed by atoms with E-state index in [1.807, 2.05) is 4.90 Å². The molecule has 7 heteroatoms. The third-order valence-electron chi connectivity index (χ3n) is 4.20. The van der Waals surface area contributed by atoms with E-state index in [2.05, 4.69) is 29.5 Å². The fraction of sp³-hybridized carbons (Fsp3) is 0.800. The van der Waals surface area contributed by atoms with E-state index in [1.165, 1.54) is 0 Å². The lowest BCUT2D eigenvalue weighted by atomic mass is 10.1. The Morgan fingerprint density at radius 3 is 2.55 bits per heavy atom. The molecule has 2 aliphatic rings. The molecule has 22 heavy (non-hydrogen) atoms. The molecule has 0 radical (unpaired) electrons. The van der Waals surface area contributed by atoms with E-state index in [1.54, 1.807) is 11.9 Å². The Balaban J connectivity index is 2.16. The average Bonchev–Trinajstić information content (AvgIpc) is 2.85. The normalized spacial score (nSPS) is 26.2. The van der Waals surface area contributed by atoms with Gasteiger partial charge in [-0.1, -0.05) is 33.1 Å². The number of fused-ring (bicyclic) bond motifs is 1. The first-order valence-electron chi connectivity index (χ1n) is 8.25. The van der Waals surface area contributed by atoms with Crippen molar-refractivity contribution in [3.63, 3.8) is 0 Å². The van der Waals surface area contributed by atoms with E-state index in [0.717, 1.165) is 51.2 Å². The molecular formula is C15H27N5O2. The highest BCUT2D eigenvalue weighted by Crippen LogP contribution is 2.21. The zero-order chi connectivity index (χ0) is 16.1. The summed E-state index contributed by atoms with van der Waals surface area (Å²) in [6, 6.07) is -0.748. The van der Waals surface area contributed by atoms with Gasteiger partial charge in [0.05, 0.1) is 0 Å². The lowest BCUT2D eigenvalue weighted by Gasteiger charge is -2.35. The molecule has 2 N–H and O–H groups in total. The molecule has 0 aromatic rings. The van der Waals surface area contributed by atoms with Crippen molar-refractivity contribution < 1.29 is 9.59 Å². The minimum Gasteiger partial charge on any atom is -0.334 e. The van der Waals surface area contributed by atoms with Gasteiger partial charge >= 0.3 is 6.03 Å². The van der Waals surface area contributed by atoms with Crippen LogP contribution in [0.3, 0.4) is 0 Å². The minimum absolute atomic E-state index is 0.238. The zero-order valence-electron chi connectivity index (χ0n) is 13.8. The predicted molar refractivity (Wildman–Crippen MR) is 85.5 cm³/mol. The first kappa shape index (κ1) is 16.6. The maximum Gasteiger partial charge on any atom is 0.325 e. The van der Waals surface area contributed by atoms with Crippen LogP contribution >= 0.6 is 0 Å². The summed E-state index contributed by atoms with van der Waals surface area (Å²) < 4.78 is 0. The molecule has 0 aliphatic carbocycles. The van der Waals surface area contributed by atoms with E-state index in [-0.39, 0.29) is 24.1 Å². The second-order valence-electron chi connectivity index (χ2n) is 5.90. The first-order valence-corrected chi connectivity index (χ1v) is 8.25. The predicted octanol–water partition coefficient (Wildman–Crippen LogP) is 1.11. The number of urea groups is 1. The summed E-state index contributed by atoms with van der Waals surface area (Å²) >= 11 is 0. The van der Waals surface area contributed by atoms with Gasteiger partial charge in [-0.2, -0.15) is 0 Å². The van der Waals surface area contributed by atoms with Crippen molar-refractivity contribution >= 4 is 17.9 Å². The number of nitrogens with zero attached hydrogens (tertiary/aromatic N) is 3. The summed E-state index contributed by atoms with van der Waals surface area (Å²) in [5.41, 5.74) is 0. The average molecular weight is 309 g/mol. The Bertz CT molecular complexity index is 451. The fourth-order valence-corrected chi connectivity index (χ4v) is 2.84. The standard InChI is InChI=1S/C15H27N5O2/c1-4-6-8-10-20-11-12(17-14(20)16-9-7-5-2)19(3)15(22)18-13(11)21/h11-12H,4-10H2,1-3H3,(H,16,17)(H,18,21,22). The molecule has 2 saturated heterocycles. The lowest BCUT2D eigenvalue weighted by Crippen LogP contribution is -2.64. The number of hydrogen-bond donors (Lipinski definition) is 2. The second-order valence-corrected chi connectivity index (χ2v) is 5.90. The van der Waals surface area contributed by atoms with Crippen molar-refractivity contribution in [1.29, 1.82) is 0 Å². The van der Waals surface area contributed by atoms with Crippen molar-refractivity contribution in [2.45, 2.75) is 58.2 Å². The van der Waals surface area contributed by atoms with Crippen molar-refractivity contribution in [2.24, 2.45) is 4.99 Å². The number of carbonyl (C=O) groups is 2. The van der Waals surface area contributed by atoms with Gasteiger partial charge in [-0.3, -0.25) is 15.1 Å². The van der Waals surface area contributed by atoms with Crippen LogP contribution in [0.25, 0.3) is 0 Å². The van der Waals surface area contributed by atoms with E-state index >= 15 is 0 Å². The summed E-state index contributed by atoms with van der Waals surface area (Å²) in [7, 11) is 1.70. The monoisotopic (exact) mass is 309 g/mol. The van der Waals surface area contributed by atoms with Gasteiger partial charge in [0, 0.05) is 20.1 Å². The van der Waals surface area contributed by atoms with Crippen molar-refractivity contribution in [3.05, 3.63) is 0 Å². The Morgan fingerprint density at radius 1 is 1.14 bits per heavy atom. The molecule has 2 rings (SSSR count). The van der Waals surface area contributed by atoms with Gasteiger partial charge in [0.25, 0.3) is 5.91 Å². The quantitative estimate of drug-likeness (QED) is 0.691. The Labute approximate surface area is 132 Å². The summed E-state index contributed by atoms with van der Waals surface area (Å²) in [6.07, 6.45) is 5.03. The fourth-order valence-electron chi connectivity index (χ4n) is 2.84. The number of carbonyl (C=O) groups excluding carboxylic acids is 2. The third kappa shape index (κ3) is 3.34. The lowest BCUT2D eigenvalue weighted by molar-refractivity contribution is -0.127. The number of nitrogens with one attached hydrogen (secondary N) is 2. The van der Waals surface area contributed by atoms with Gasteiger partial charge in [0.2, 0.25) is 0 Å². The molecule has 2 aliphatic heterocycles. The molecule has 7 nitrogen and oxygen atoms in total. The number of unbranched alkanes of at least 4 members (excludes halogenated alkanes) is 3. The highest BCUT2D eigenvalue weighted by molar-refractivity contribution is 6.04. The second kappa shape index (κ2) is 7.47. The summed E-state index contributed by atoms with van der Waals surface area (Å²) in [6.45, 7) is 5.80. The van der Waals surface area contributed by atoms with E-state index < -0.39 is 0 Å². The number of likely N-dealkylation sites (N-methyl/N-ethyl adjacent to an activating group) is 1. The molecule has 0 aromatic carbocycles. The molecule has 0 spiro atoms. The molecule has 2 unspecified atom stereocenters. The van der Waals surface area contributed by atoms with Crippen molar-refractivity contribution in [3.8, 4) is 0 Å². The van der Waals surface area contributed by atoms with Crippen LogP contribution < -0.4 is 10.6 Å². The Kier molecular flexibility index (Phi) is 5.63. The van der Waals surface area contributed by atoms with Crippen LogP contribution in [0.4, 0.5) is 4.79 Å². The molecule has 2 heterocycles. The molecular weight excluding hydrogens is 282 g/mol. The topological polar surface area (TPSA) is 77.0 Å². The van der Waals surface area contributed by atoms with Gasteiger partial charge in [-0.05, 0) is 12.8 Å². The summed E-state index contributed by atoms with van der Waals surface area (Å²) in [5.74, 6) is 0.508. The van der Waals surface area contributed by atoms with Crippen LogP contribution in [-0.2, 0) is 4.79 Å². The number of amides is 3. The largest absolute Gasteiger partial charge is 0.334 e. The van der Waals surface area contributed by atoms with Crippen molar-refractivity contribution in [1.82, 2.24) is 20.4 Å². The number of imide groups is 1. The van der Waals surface area contributed by atoms with Crippen LogP contribution in [-0.4, -0.2) is 60.0 Å². The Hall–Kier alpha value is -1.79. The van der Waals surface area contributed by atoms with Crippen LogP contribution in [0.5, 0.6) is 0 Å². The van der Waals surface area contributed by atoms with E-state index in [0.29, 0.717) is 0 Å². The molecule has 2 fully saturated rings. The molecule has 0 aromatic heterocycles. The summed E-state index contributed by atoms with van der Waals surface area (Å²) in [5, 5.41) is 5.68. The number of hydrogen-bond acceptors (Lipinski definition) is 3. The molecule has 0 bridgehead atoms. The molecule has 3 amide bonds. The van der Waals surface area contributed by atoms with Crippen LogP contribution in [0, 0.1) is 0 Å². The minimum atomic E-state index is -0.389. The number of guanidine groups is 1. The van der Waals surface area contributed by atoms with Gasteiger partial charge in [0.1, 0.15) is 6.17 Å². The highest BCUT2D eigenvalue weighted by Gasteiger charge is 2.49. The number of rotatable bonds is 7. The van der Waals surface area contributed by atoms with E-state index in [9.17, 15) is 9.59 Å². The maximum atomic E-state index is 12.3. The SMILES string of the molecule is CCCCCN1C(=NCCCC)NC2C1C(=O)NC(=O)N2C. The Morgan fingerprint density at radius 2 is 1.86 bits per heavy atom. The smallest absolute Gasteiger partial charge is 0.325 e. The number of aliphatic imine (C=N–C) groups is 1. The molecule has 0 saturated carbocycles. The highest BCUT2D eigenvalue weighted by atomic mass is 16.2. The maximum absolute atomic E-state index is 12.3. The van der Waals surface area contributed by atoms with Crippen molar-refractivity contribution in [2.75, 3.05) is 20.1 Å². The van der Waals surface area contributed by atoms with E-state index in [4.69, 9.17) is 0 Å². The first-order chi connectivity index (χ1) is 10.6. The van der Waals surface area contributed by atoms with Gasteiger partial charge in [-0.15, -0.1) is 0 Å².